The van der Waals surface area contributed by atoms with E-state index in [1.807, 2.05) is 0 Å². The minimum atomic E-state index is -0.882. The SMILES string of the molecule is COC(=O)C(C(=O)OC)[C@H]1CCC2(C1)OCCO2. The summed E-state index contributed by atoms with van der Waals surface area (Å²) in [5.41, 5.74) is 0. The second-order valence-electron chi connectivity index (χ2n) is 4.63. The Balaban J connectivity index is 2.08. The van der Waals surface area contributed by atoms with E-state index in [4.69, 9.17) is 9.47 Å². The number of carbonyl (C=O) groups is 2. The summed E-state index contributed by atoms with van der Waals surface area (Å²) in [5, 5.41) is 0. The van der Waals surface area contributed by atoms with E-state index in [9.17, 15) is 9.59 Å². The van der Waals surface area contributed by atoms with Gasteiger partial charge in [0.15, 0.2) is 11.7 Å². The summed E-state index contributed by atoms with van der Waals surface area (Å²) in [6, 6.07) is 0. The first-order chi connectivity index (χ1) is 8.62. The molecule has 2 rings (SSSR count). The van der Waals surface area contributed by atoms with Gasteiger partial charge < -0.3 is 18.9 Å². The third-order valence-electron chi connectivity index (χ3n) is 3.66. The molecule has 1 aliphatic heterocycles. The van der Waals surface area contributed by atoms with Crippen LogP contribution in [0.2, 0.25) is 0 Å². The summed E-state index contributed by atoms with van der Waals surface area (Å²) in [6.45, 7) is 1.13. The molecule has 18 heavy (non-hydrogen) atoms. The van der Waals surface area contributed by atoms with Crippen LogP contribution in [0.5, 0.6) is 0 Å². The molecule has 0 amide bonds. The van der Waals surface area contributed by atoms with Crippen LogP contribution in [0, 0.1) is 11.8 Å². The Morgan fingerprint density at radius 3 is 2.22 bits per heavy atom. The predicted octanol–water partition coefficient (Wildman–Crippen LogP) is 0.492. The zero-order chi connectivity index (χ0) is 13.2. The van der Waals surface area contributed by atoms with Crippen molar-refractivity contribution in [2.45, 2.75) is 25.0 Å². The molecule has 1 spiro atoms. The average Bonchev–Trinajstić information content (AvgIpc) is 3.00. The standard InChI is InChI=1S/C12H18O6/c1-15-10(13)9(11(14)16-2)8-3-4-12(7-8)17-5-6-18-12/h8-9H,3-7H2,1-2H3/t8-/m0/s1. The van der Waals surface area contributed by atoms with Crippen LogP contribution in [0.1, 0.15) is 19.3 Å². The van der Waals surface area contributed by atoms with Crippen molar-refractivity contribution in [3.63, 3.8) is 0 Å². The zero-order valence-corrected chi connectivity index (χ0v) is 10.6. The molecule has 0 N–H and O–H groups in total. The Morgan fingerprint density at radius 2 is 1.72 bits per heavy atom. The van der Waals surface area contributed by atoms with E-state index in [1.165, 1.54) is 14.2 Å². The number of rotatable bonds is 3. The maximum absolute atomic E-state index is 11.7. The summed E-state index contributed by atoms with van der Waals surface area (Å²) < 4.78 is 20.5. The highest BCUT2D eigenvalue weighted by Gasteiger charge is 2.50. The molecule has 0 unspecified atom stereocenters. The molecule has 0 radical (unpaired) electrons. The summed E-state index contributed by atoms with van der Waals surface area (Å²) in [7, 11) is 2.54. The van der Waals surface area contributed by atoms with Gasteiger partial charge in [-0.2, -0.15) is 0 Å². The van der Waals surface area contributed by atoms with Gasteiger partial charge in [0.25, 0.3) is 0 Å². The van der Waals surface area contributed by atoms with Crippen LogP contribution >= 0.6 is 0 Å². The van der Waals surface area contributed by atoms with Crippen LogP contribution in [0.25, 0.3) is 0 Å². The highest BCUT2D eigenvalue weighted by Crippen LogP contribution is 2.44. The van der Waals surface area contributed by atoms with Crippen molar-refractivity contribution in [3.05, 3.63) is 0 Å². The maximum Gasteiger partial charge on any atom is 0.320 e. The third-order valence-corrected chi connectivity index (χ3v) is 3.66. The van der Waals surface area contributed by atoms with Crippen molar-refractivity contribution in [3.8, 4) is 0 Å². The molecular formula is C12H18O6. The van der Waals surface area contributed by atoms with E-state index < -0.39 is 23.6 Å². The molecule has 0 bridgehead atoms. The highest BCUT2D eigenvalue weighted by molar-refractivity contribution is 5.95. The Hall–Kier alpha value is -1.14. The number of esters is 2. The summed E-state index contributed by atoms with van der Waals surface area (Å²) >= 11 is 0. The second kappa shape index (κ2) is 5.24. The van der Waals surface area contributed by atoms with Crippen molar-refractivity contribution in [1.82, 2.24) is 0 Å². The van der Waals surface area contributed by atoms with Gasteiger partial charge in [-0.1, -0.05) is 0 Å². The van der Waals surface area contributed by atoms with Crippen molar-refractivity contribution >= 4 is 11.9 Å². The van der Waals surface area contributed by atoms with Crippen molar-refractivity contribution in [2.24, 2.45) is 11.8 Å². The van der Waals surface area contributed by atoms with Crippen molar-refractivity contribution < 1.29 is 28.5 Å². The zero-order valence-electron chi connectivity index (χ0n) is 10.6. The molecule has 0 aromatic heterocycles. The Kier molecular flexibility index (Phi) is 3.87. The fraction of sp³-hybridized carbons (Fsp3) is 0.833. The lowest BCUT2D eigenvalue weighted by Crippen LogP contribution is -2.34. The second-order valence-corrected chi connectivity index (χ2v) is 4.63. The van der Waals surface area contributed by atoms with Gasteiger partial charge in [-0.15, -0.1) is 0 Å². The van der Waals surface area contributed by atoms with Gasteiger partial charge >= 0.3 is 11.9 Å². The Bertz CT molecular complexity index is 317. The number of ether oxygens (including phenoxy) is 4. The largest absolute Gasteiger partial charge is 0.468 e. The predicted molar refractivity (Wildman–Crippen MR) is 59.5 cm³/mol. The molecular weight excluding hydrogens is 240 g/mol. The lowest BCUT2D eigenvalue weighted by atomic mass is 9.90. The minimum Gasteiger partial charge on any atom is -0.468 e. The van der Waals surface area contributed by atoms with Gasteiger partial charge in [0, 0.05) is 12.8 Å². The summed E-state index contributed by atoms with van der Waals surface area (Å²) in [5.74, 6) is -2.75. The monoisotopic (exact) mass is 258 g/mol. The number of methoxy groups -OCH3 is 2. The van der Waals surface area contributed by atoms with Gasteiger partial charge in [0.05, 0.1) is 27.4 Å². The molecule has 0 aromatic rings. The first-order valence-electron chi connectivity index (χ1n) is 6.05. The minimum absolute atomic E-state index is 0.150. The molecule has 1 saturated heterocycles. The molecule has 6 nitrogen and oxygen atoms in total. The quantitative estimate of drug-likeness (QED) is 0.542. The number of hydrogen-bond acceptors (Lipinski definition) is 6. The molecule has 1 heterocycles. The number of hydrogen-bond donors (Lipinski definition) is 0. The first kappa shape index (κ1) is 13.3. The molecule has 0 aromatic carbocycles. The van der Waals surface area contributed by atoms with E-state index in [1.54, 1.807) is 0 Å². The van der Waals surface area contributed by atoms with Gasteiger partial charge in [-0.3, -0.25) is 9.59 Å². The molecule has 1 aliphatic carbocycles. The fourth-order valence-corrected chi connectivity index (χ4v) is 2.79. The van der Waals surface area contributed by atoms with Crippen LogP contribution in [0.15, 0.2) is 0 Å². The molecule has 102 valence electrons. The number of carbonyl (C=O) groups excluding carboxylic acids is 2. The van der Waals surface area contributed by atoms with Crippen LogP contribution in [0.3, 0.4) is 0 Å². The smallest absolute Gasteiger partial charge is 0.320 e. The maximum atomic E-state index is 11.7. The van der Waals surface area contributed by atoms with E-state index in [2.05, 4.69) is 9.47 Å². The molecule has 2 fully saturated rings. The normalized spacial score (nSPS) is 25.6. The topological polar surface area (TPSA) is 71.1 Å². The van der Waals surface area contributed by atoms with E-state index in [0.29, 0.717) is 32.5 Å². The third kappa shape index (κ3) is 2.35. The molecule has 6 heteroatoms. The van der Waals surface area contributed by atoms with E-state index in [-0.39, 0.29) is 5.92 Å². The lowest BCUT2D eigenvalue weighted by molar-refractivity contribution is -0.166. The lowest BCUT2D eigenvalue weighted by Gasteiger charge is -2.23. The van der Waals surface area contributed by atoms with Crippen LogP contribution in [-0.2, 0) is 28.5 Å². The van der Waals surface area contributed by atoms with Crippen LogP contribution in [0.4, 0.5) is 0 Å². The van der Waals surface area contributed by atoms with Crippen molar-refractivity contribution in [2.75, 3.05) is 27.4 Å². The van der Waals surface area contributed by atoms with Gasteiger partial charge in [-0.05, 0) is 12.3 Å². The summed E-state index contributed by atoms with van der Waals surface area (Å²) in [6.07, 6.45) is 1.92. The Labute approximate surface area is 106 Å². The van der Waals surface area contributed by atoms with Crippen LogP contribution in [-0.4, -0.2) is 45.2 Å². The van der Waals surface area contributed by atoms with Crippen LogP contribution < -0.4 is 0 Å². The molecule has 1 atom stereocenters. The van der Waals surface area contributed by atoms with Gasteiger partial charge in [0.1, 0.15) is 0 Å². The van der Waals surface area contributed by atoms with Gasteiger partial charge in [-0.25, -0.2) is 0 Å². The molecule has 1 saturated carbocycles. The van der Waals surface area contributed by atoms with E-state index >= 15 is 0 Å². The molecule has 2 aliphatic rings. The Morgan fingerprint density at radius 1 is 1.17 bits per heavy atom. The first-order valence-corrected chi connectivity index (χ1v) is 6.05. The van der Waals surface area contributed by atoms with Crippen molar-refractivity contribution in [1.29, 1.82) is 0 Å². The fourth-order valence-electron chi connectivity index (χ4n) is 2.79. The van der Waals surface area contributed by atoms with Gasteiger partial charge in [0.2, 0.25) is 0 Å². The summed E-state index contributed by atoms with van der Waals surface area (Å²) in [4.78, 5) is 23.4. The highest BCUT2D eigenvalue weighted by atomic mass is 16.7. The van der Waals surface area contributed by atoms with E-state index in [0.717, 1.165) is 0 Å². The average molecular weight is 258 g/mol.